The summed E-state index contributed by atoms with van der Waals surface area (Å²) in [5, 5.41) is 28.9. The van der Waals surface area contributed by atoms with E-state index >= 15 is 0 Å². The molecule has 9 aliphatic rings. The molecule has 5 unspecified atom stereocenters. The standard InChI is InChI=1S/C62H37NO2/c1-63-23-37-36-20-34-18-31-16-32-15-29-14-30-17-33-19-35-22-62(37,61(63)28-12-13-38(64-24-26-8-4-2-5-9-26)39(21-28)65-25-27-10-6-3-7-11-27)60-46(35)51-45(33)50-41(30)40(29)48-44(32)49-42(31)43(34)52-47(36)59(60)58-56(51)54(50)53(48)55(49)57(52)58/h2-17,19,21,37,44,48,61H,18,20,22-25H2,1H3. The molecule has 20 rings (SSSR count). The van der Waals surface area contributed by atoms with Crippen molar-refractivity contribution >= 4 is 98.2 Å². The van der Waals surface area contributed by atoms with Crippen molar-refractivity contribution < 1.29 is 9.47 Å². The lowest BCUT2D eigenvalue weighted by atomic mass is 9.60. The molecule has 0 N–H and O–H groups in total. The molecular formula is C62H37NO2. The van der Waals surface area contributed by atoms with Crippen LogP contribution < -0.4 is 30.3 Å². The summed E-state index contributed by atoms with van der Waals surface area (Å²) in [5.74, 6) is 2.92. The lowest BCUT2D eigenvalue weighted by Crippen LogP contribution is -2.44. The SMILES string of the molecule is CN1CC2C3=c4c5c6c7c(cc8cc9cc%10c%11c9c9c%12c%13c%14c%15c%16c(c4c%14c5c%12c7c89)=C(CC=%16C=C(C=%10)C%15C%11%13)C3)CC62C1c1ccc(OCc2ccccc2)c(OCc2ccccc2)c1. The molecule has 1 aliphatic heterocycles. The van der Waals surface area contributed by atoms with E-state index in [0.29, 0.717) is 31.0 Å². The third-order valence-corrected chi connectivity index (χ3v) is 19.2. The molecule has 1 spiro atoms. The van der Waals surface area contributed by atoms with Gasteiger partial charge in [0.25, 0.3) is 0 Å². The fourth-order valence-electron chi connectivity index (χ4n) is 17.7. The third kappa shape index (κ3) is 3.03. The number of likely N-dealkylation sites (tertiary alicyclic amines) is 1. The Hall–Kier alpha value is -6.94. The van der Waals surface area contributed by atoms with Crippen LogP contribution in [0.3, 0.4) is 0 Å². The van der Waals surface area contributed by atoms with E-state index in [1.165, 1.54) is 21.6 Å². The molecule has 0 aromatic heterocycles. The number of allylic oxidation sites excluding steroid dienone is 2. The summed E-state index contributed by atoms with van der Waals surface area (Å²) in [7, 11) is 2.43. The minimum Gasteiger partial charge on any atom is -0.485 e. The molecule has 11 aromatic rings. The van der Waals surface area contributed by atoms with Gasteiger partial charge in [-0.25, -0.2) is 0 Å². The average Bonchev–Trinajstić information content (AvgIpc) is 4.19. The van der Waals surface area contributed by atoms with Crippen LogP contribution in [0.15, 0.2) is 109 Å². The van der Waals surface area contributed by atoms with Gasteiger partial charge in [-0.2, -0.15) is 0 Å². The molecule has 0 radical (unpaired) electrons. The summed E-state index contributed by atoms with van der Waals surface area (Å²) in [4.78, 5) is 2.76. The van der Waals surface area contributed by atoms with E-state index in [1.54, 1.807) is 130 Å². The van der Waals surface area contributed by atoms with Gasteiger partial charge in [-0.1, -0.05) is 96.1 Å². The quantitative estimate of drug-likeness (QED) is 0.149. The van der Waals surface area contributed by atoms with Crippen molar-refractivity contribution in [3.63, 3.8) is 0 Å². The number of hydrogen-bond donors (Lipinski definition) is 0. The van der Waals surface area contributed by atoms with E-state index in [-0.39, 0.29) is 11.5 Å². The molecule has 8 aliphatic carbocycles. The van der Waals surface area contributed by atoms with Crippen LogP contribution in [0.2, 0.25) is 0 Å². The van der Waals surface area contributed by atoms with Crippen LogP contribution in [0.5, 0.6) is 11.5 Å². The summed E-state index contributed by atoms with van der Waals surface area (Å²) in [5.41, 5.74) is 18.5. The van der Waals surface area contributed by atoms with Crippen molar-refractivity contribution in [2.45, 2.75) is 55.8 Å². The molecule has 3 heteroatoms. The van der Waals surface area contributed by atoms with E-state index in [9.17, 15) is 0 Å². The van der Waals surface area contributed by atoms with Gasteiger partial charge in [0.1, 0.15) is 13.2 Å². The highest BCUT2D eigenvalue weighted by atomic mass is 16.5. The van der Waals surface area contributed by atoms with Crippen LogP contribution in [0.25, 0.3) is 98.2 Å². The van der Waals surface area contributed by atoms with Gasteiger partial charge < -0.3 is 9.47 Å². The molecule has 0 amide bonds. The maximum atomic E-state index is 6.87. The molecule has 3 nitrogen and oxygen atoms in total. The van der Waals surface area contributed by atoms with Crippen LogP contribution in [-0.4, -0.2) is 18.5 Å². The number of hydrogen-bond acceptors (Lipinski definition) is 3. The number of likely N-dealkylation sites (N-methyl/N-ethyl adjacent to an activating group) is 1. The monoisotopic (exact) mass is 827 g/mol. The smallest absolute Gasteiger partial charge is 0.162 e. The highest BCUT2D eigenvalue weighted by molar-refractivity contribution is 6.52. The predicted molar refractivity (Wildman–Crippen MR) is 261 cm³/mol. The molecule has 5 atom stereocenters. The summed E-state index contributed by atoms with van der Waals surface area (Å²) < 4.78 is 13.5. The molecule has 302 valence electrons. The highest BCUT2D eigenvalue weighted by Crippen LogP contribution is 2.71. The number of benzene rings is 8. The fraction of sp³-hybridized carbons (Fsp3) is 0.194. The lowest BCUT2D eigenvalue weighted by molar-refractivity contribution is 0.238. The Balaban J connectivity index is 0.922. The Morgan fingerprint density at radius 2 is 1.34 bits per heavy atom. The number of fused-ring (bicyclic) bond motifs is 1. The van der Waals surface area contributed by atoms with Crippen LogP contribution >= 0.6 is 0 Å². The van der Waals surface area contributed by atoms with Gasteiger partial charge >= 0.3 is 0 Å². The minimum atomic E-state index is -0.117. The fourth-order valence-corrected chi connectivity index (χ4v) is 17.7. The van der Waals surface area contributed by atoms with E-state index in [2.05, 4.69) is 121 Å². The molecule has 0 bridgehead atoms. The first-order chi connectivity index (χ1) is 32.1. The molecule has 1 saturated heterocycles. The summed E-state index contributed by atoms with van der Waals surface area (Å²) in [6, 6.07) is 36.2. The predicted octanol–water partition coefficient (Wildman–Crippen LogP) is 10.3. The van der Waals surface area contributed by atoms with Crippen molar-refractivity contribution in [1.82, 2.24) is 4.90 Å². The van der Waals surface area contributed by atoms with Crippen molar-refractivity contribution in [1.29, 1.82) is 0 Å². The second-order valence-corrected chi connectivity index (χ2v) is 21.7. The van der Waals surface area contributed by atoms with E-state index < -0.39 is 0 Å². The van der Waals surface area contributed by atoms with Gasteiger partial charge in [0.2, 0.25) is 0 Å². The summed E-state index contributed by atoms with van der Waals surface area (Å²) >= 11 is 0. The highest BCUT2D eigenvalue weighted by Gasteiger charge is 2.62. The zero-order chi connectivity index (χ0) is 41.2. The molecule has 65 heavy (non-hydrogen) atoms. The Morgan fingerprint density at radius 3 is 2.18 bits per heavy atom. The number of rotatable bonds is 7. The molecule has 1 fully saturated rings. The zero-order valence-electron chi connectivity index (χ0n) is 35.7. The first-order valence-corrected chi connectivity index (χ1v) is 24.1. The Labute approximate surface area is 371 Å². The second kappa shape index (κ2) is 9.69. The van der Waals surface area contributed by atoms with Gasteiger partial charge in [-0.3, -0.25) is 4.90 Å². The first-order valence-electron chi connectivity index (χ1n) is 24.1. The van der Waals surface area contributed by atoms with E-state index in [1.807, 2.05) is 0 Å². The van der Waals surface area contributed by atoms with Crippen molar-refractivity contribution in [3.05, 3.63) is 174 Å². The van der Waals surface area contributed by atoms with Crippen LogP contribution in [0.4, 0.5) is 0 Å². The van der Waals surface area contributed by atoms with Crippen molar-refractivity contribution in [3.8, 4) is 11.5 Å². The van der Waals surface area contributed by atoms with Gasteiger partial charge in [0, 0.05) is 35.8 Å². The van der Waals surface area contributed by atoms with Gasteiger partial charge in [0.05, 0.1) is 0 Å². The van der Waals surface area contributed by atoms with Crippen LogP contribution in [-0.2, 0) is 25.0 Å². The van der Waals surface area contributed by atoms with Gasteiger partial charge in [-0.15, -0.1) is 0 Å². The lowest BCUT2D eigenvalue weighted by Gasteiger charge is -2.43. The number of nitrogens with zero attached hydrogens (tertiary/aromatic N) is 1. The number of ether oxygens (including phenoxy) is 2. The van der Waals surface area contributed by atoms with E-state index in [0.717, 1.165) is 48.4 Å². The Morgan fingerprint density at radius 1 is 0.585 bits per heavy atom. The minimum absolute atomic E-state index is 0.117. The normalized spacial score (nSPS) is 25.0. The van der Waals surface area contributed by atoms with Gasteiger partial charge in [-0.05, 0) is 203 Å². The topological polar surface area (TPSA) is 21.7 Å². The molecule has 0 saturated carbocycles. The maximum absolute atomic E-state index is 6.87. The average molecular weight is 828 g/mol. The maximum Gasteiger partial charge on any atom is 0.162 e. The van der Waals surface area contributed by atoms with Crippen LogP contribution in [0.1, 0.15) is 75.2 Å². The largest absolute Gasteiger partial charge is 0.485 e. The third-order valence-electron chi connectivity index (χ3n) is 19.2. The first kappa shape index (κ1) is 31.8. The molecule has 1 heterocycles. The zero-order valence-corrected chi connectivity index (χ0v) is 35.7. The summed E-state index contributed by atoms with van der Waals surface area (Å²) in [6.07, 6.45) is 8.59. The van der Waals surface area contributed by atoms with Crippen LogP contribution in [0, 0.1) is 5.92 Å². The van der Waals surface area contributed by atoms with Crippen molar-refractivity contribution in [2.24, 2.45) is 5.92 Å². The van der Waals surface area contributed by atoms with Gasteiger partial charge in [0.15, 0.2) is 11.5 Å². The molecular weight excluding hydrogens is 791 g/mol. The Bertz CT molecular complexity index is 4560. The van der Waals surface area contributed by atoms with E-state index in [4.69, 9.17) is 9.47 Å². The molecule has 11 aromatic carbocycles. The second-order valence-electron chi connectivity index (χ2n) is 21.7. The summed E-state index contributed by atoms with van der Waals surface area (Å²) in [6.45, 7) is 2.04. The Kier molecular flexibility index (Phi) is 4.74. The van der Waals surface area contributed by atoms with Crippen molar-refractivity contribution in [2.75, 3.05) is 13.6 Å².